The Bertz CT molecular complexity index is 1360. The third kappa shape index (κ3) is 5.33. The average molecular weight is 443 g/mol. The van der Waals surface area contributed by atoms with Crippen molar-refractivity contribution in [3.05, 3.63) is 117 Å². The molecule has 0 saturated carbocycles. The number of hydrogen-bond acceptors (Lipinski definition) is 4. The monoisotopic (exact) mass is 443 g/mol. The molecule has 166 valence electrons. The number of carbonyl (C=O) groups is 1. The number of aryl methyl sites for hydroxylation is 2. The number of ether oxygens (including phenoxy) is 1. The van der Waals surface area contributed by atoms with Crippen molar-refractivity contribution in [1.82, 2.24) is 9.78 Å². The Hall–Kier alpha value is -4.26. The van der Waals surface area contributed by atoms with Crippen LogP contribution in [0.1, 0.15) is 27.2 Å². The third-order valence-electron chi connectivity index (χ3n) is 5.04. The van der Waals surface area contributed by atoms with Crippen molar-refractivity contribution >= 4 is 11.6 Å². The van der Waals surface area contributed by atoms with Crippen molar-refractivity contribution in [2.45, 2.75) is 20.5 Å². The zero-order chi connectivity index (χ0) is 23.4. The number of rotatable bonds is 6. The van der Waals surface area contributed by atoms with Gasteiger partial charge in [-0.3, -0.25) is 9.59 Å². The Morgan fingerprint density at radius 2 is 1.79 bits per heavy atom. The highest BCUT2D eigenvalue weighted by Crippen LogP contribution is 2.23. The quantitative estimate of drug-likeness (QED) is 0.464. The molecule has 0 spiro atoms. The van der Waals surface area contributed by atoms with Crippen molar-refractivity contribution in [2.75, 3.05) is 5.32 Å². The van der Waals surface area contributed by atoms with Gasteiger partial charge in [0.2, 0.25) is 0 Å². The molecule has 6 nitrogen and oxygen atoms in total. The maximum absolute atomic E-state index is 13.2. The topological polar surface area (TPSA) is 73.2 Å². The normalized spacial score (nSPS) is 10.6. The fourth-order valence-corrected chi connectivity index (χ4v) is 3.32. The standard InChI is InChI=1S/C26H22FN3O3/c1-17-4-3-5-19(14-17)16-33-22-10-11-23(18(2)15-22)28-26(32)24-12-13-25(31)30(29-24)21-8-6-20(27)7-9-21/h3-15H,16H2,1-2H3,(H,28,32). The molecule has 1 amide bonds. The van der Waals surface area contributed by atoms with Gasteiger partial charge in [0.25, 0.3) is 11.5 Å². The van der Waals surface area contributed by atoms with Gasteiger partial charge in [0, 0.05) is 11.8 Å². The van der Waals surface area contributed by atoms with Crippen LogP contribution in [0.15, 0.2) is 83.7 Å². The highest BCUT2D eigenvalue weighted by atomic mass is 19.1. The van der Waals surface area contributed by atoms with Crippen LogP contribution in [0, 0.1) is 19.7 Å². The summed E-state index contributed by atoms with van der Waals surface area (Å²) in [6.45, 7) is 4.34. The lowest BCUT2D eigenvalue weighted by Crippen LogP contribution is -2.25. The summed E-state index contributed by atoms with van der Waals surface area (Å²) in [6.07, 6.45) is 0. The van der Waals surface area contributed by atoms with Crippen molar-refractivity contribution in [3.8, 4) is 11.4 Å². The van der Waals surface area contributed by atoms with Crippen molar-refractivity contribution in [1.29, 1.82) is 0 Å². The number of anilines is 1. The maximum Gasteiger partial charge on any atom is 0.276 e. The van der Waals surface area contributed by atoms with E-state index < -0.39 is 17.3 Å². The second-order valence-electron chi connectivity index (χ2n) is 7.65. The first-order valence-corrected chi connectivity index (χ1v) is 10.4. The summed E-state index contributed by atoms with van der Waals surface area (Å²) in [5.74, 6) is -0.208. The predicted molar refractivity (Wildman–Crippen MR) is 124 cm³/mol. The van der Waals surface area contributed by atoms with Gasteiger partial charge < -0.3 is 10.1 Å². The van der Waals surface area contributed by atoms with E-state index in [9.17, 15) is 14.0 Å². The van der Waals surface area contributed by atoms with Gasteiger partial charge >= 0.3 is 0 Å². The van der Waals surface area contributed by atoms with Crippen LogP contribution in [0.4, 0.5) is 10.1 Å². The van der Waals surface area contributed by atoms with E-state index in [0.717, 1.165) is 15.8 Å². The number of hydrogen-bond donors (Lipinski definition) is 1. The molecule has 33 heavy (non-hydrogen) atoms. The fraction of sp³-hybridized carbons (Fsp3) is 0.115. The van der Waals surface area contributed by atoms with Crippen LogP contribution in [0.3, 0.4) is 0 Å². The molecule has 0 bridgehead atoms. The first kappa shape index (κ1) is 22.0. The Labute approximate surface area is 190 Å². The summed E-state index contributed by atoms with van der Waals surface area (Å²) in [5.41, 5.74) is 3.66. The zero-order valence-electron chi connectivity index (χ0n) is 18.2. The SMILES string of the molecule is Cc1cccc(COc2ccc(NC(=O)c3ccc(=O)n(-c4ccc(F)cc4)n3)c(C)c2)c1. The minimum absolute atomic E-state index is 0.0538. The van der Waals surface area contributed by atoms with Crippen LogP contribution in [-0.4, -0.2) is 15.7 Å². The molecule has 0 aliphatic heterocycles. The van der Waals surface area contributed by atoms with E-state index >= 15 is 0 Å². The van der Waals surface area contributed by atoms with E-state index in [4.69, 9.17) is 4.74 Å². The van der Waals surface area contributed by atoms with Gasteiger partial charge in [0.05, 0.1) is 5.69 Å². The van der Waals surface area contributed by atoms with Gasteiger partial charge in [0.15, 0.2) is 0 Å². The van der Waals surface area contributed by atoms with Crippen LogP contribution in [-0.2, 0) is 6.61 Å². The molecule has 7 heteroatoms. The Balaban J connectivity index is 1.47. The van der Waals surface area contributed by atoms with Gasteiger partial charge in [-0.25, -0.2) is 4.39 Å². The molecule has 4 rings (SSSR count). The summed E-state index contributed by atoms with van der Waals surface area (Å²) in [5, 5.41) is 6.94. The second-order valence-corrected chi connectivity index (χ2v) is 7.65. The second kappa shape index (κ2) is 9.48. The number of halogens is 1. The summed E-state index contributed by atoms with van der Waals surface area (Å²) < 4.78 is 20.1. The number of nitrogens with one attached hydrogen (secondary N) is 1. The average Bonchev–Trinajstić information content (AvgIpc) is 2.80. The molecule has 1 heterocycles. The van der Waals surface area contributed by atoms with Gasteiger partial charge in [0.1, 0.15) is 23.9 Å². The molecule has 0 fully saturated rings. The summed E-state index contributed by atoms with van der Waals surface area (Å²) in [4.78, 5) is 24.9. The lowest BCUT2D eigenvalue weighted by Gasteiger charge is -2.12. The molecule has 0 unspecified atom stereocenters. The molecule has 1 N–H and O–H groups in total. The molecule has 0 aliphatic rings. The smallest absolute Gasteiger partial charge is 0.276 e. The summed E-state index contributed by atoms with van der Waals surface area (Å²) in [6, 6.07) is 21.4. The van der Waals surface area contributed by atoms with E-state index in [1.54, 1.807) is 12.1 Å². The minimum Gasteiger partial charge on any atom is -0.489 e. The molecule has 4 aromatic rings. The van der Waals surface area contributed by atoms with Crippen LogP contribution >= 0.6 is 0 Å². The van der Waals surface area contributed by atoms with Gasteiger partial charge in [-0.1, -0.05) is 29.8 Å². The summed E-state index contributed by atoms with van der Waals surface area (Å²) in [7, 11) is 0. The van der Waals surface area contributed by atoms with Crippen LogP contribution in [0.2, 0.25) is 0 Å². The van der Waals surface area contributed by atoms with Crippen molar-refractivity contribution in [3.63, 3.8) is 0 Å². The first-order valence-electron chi connectivity index (χ1n) is 10.4. The first-order chi connectivity index (χ1) is 15.9. The number of benzene rings is 3. The number of nitrogens with zero attached hydrogens (tertiary/aromatic N) is 2. The zero-order valence-corrected chi connectivity index (χ0v) is 18.2. The Morgan fingerprint density at radius 3 is 2.52 bits per heavy atom. The number of aromatic nitrogens is 2. The van der Waals surface area contributed by atoms with E-state index in [2.05, 4.69) is 16.5 Å². The van der Waals surface area contributed by atoms with Gasteiger partial charge in [-0.15, -0.1) is 0 Å². The minimum atomic E-state index is -0.470. The molecule has 0 atom stereocenters. The summed E-state index contributed by atoms with van der Waals surface area (Å²) >= 11 is 0. The van der Waals surface area contributed by atoms with E-state index in [1.807, 2.05) is 38.1 Å². The lowest BCUT2D eigenvalue weighted by molar-refractivity contribution is 0.102. The predicted octanol–water partition coefficient (Wildman–Crippen LogP) is 4.82. The van der Waals surface area contributed by atoms with Crippen LogP contribution in [0.25, 0.3) is 5.69 Å². The van der Waals surface area contributed by atoms with Gasteiger partial charge in [-0.2, -0.15) is 9.78 Å². The molecule has 0 radical (unpaired) electrons. The van der Waals surface area contributed by atoms with E-state index in [1.165, 1.54) is 42.0 Å². The van der Waals surface area contributed by atoms with Crippen LogP contribution < -0.4 is 15.6 Å². The lowest BCUT2D eigenvalue weighted by atomic mass is 10.1. The molecule has 3 aromatic carbocycles. The Morgan fingerprint density at radius 1 is 1.00 bits per heavy atom. The number of amides is 1. The fourth-order valence-electron chi connectivity index (χ4n) is 3.32. The van der Waals surface area contributed by atoms with Crippen molar-refractivity contribution < 1.29 is 13.9 Å². The largest absolute Gasteiger partial charge is 0.489 e. The molecule has 0 saturated heterocycles. The Kier molecular flexibility index (Phi) is 6.31. The highest BCUT2D eigenvalue weighted by Gasteiger charge is 2.13. The van der Waals surface area contributed by atoms with Crippen LogP contribution in [0.5, 0.6) is 5.75 Å². The third-order valence-corrected chi connectivity index (χ3v) is 5.04. The molecule has 0 aliphatic carbocycles. The van der Waals surface area contributed by atoms with E-state index in [-0.39, 0.29) is 5.69 Å². The molecule has 1 aromatic heterocycles. The highest BCUT2D eigenvalue weighted by molar-refractivity contribution is 6.03. The van der Waals surface area contributed by atoms with Gasteiger partial charge in [-0.05, 0) is 73.5 Å². The maximum atomic E-state index is 13.2. The van der Waals surface area contributed by atoms with Crippen molar-refractivity contribution in [2.24, 2.45) is 0 Å². The molecular weight excluding hydrogens is 421 g/mol. The molecular formula is C26H22FN3O3. The van der Waals surface area contributed by atoms with E-state index in [0.29, 0.717) is 23.7 Å². The number of carbonyl (C=O) groups excluding carboxylic acids is 1.